The lowest BCUT2D eigenvalue weighted by molar-refractivity contribution is -0.346. The maximum Gasteiger partial charge on any atom is 0.408 e. The van der Waals surface area contributed by atoms with Gasteiger partial charge in [0.05, 0.1) is 35.6 Å². The standard InChI is InChI=1S/C64H89NO16/c1-13-15-16-17-18-19-20-21-22-23-24-25-26-27-28-29-33-36-50(69)78-52(45(37-41(3)4)65-59(73)81-60(7,8)9)58(72)76-46-39-64(74)56(79-57(71)44-34-31-30-32-35-44)54-62(12,47(67)38-48-63(54,40-75-48)80-43(6)66)55(70)53(77-49(68)14-2)51(42(46)5)61(64,10)11/h15-16,18-19,21-22,24-25,27-28,30-32,34-35,41,45-48,52-54,56,67,74H,13-14,17,20,23,26,29,33,36-40H2,1-12H3,(H,65,73)/b16-15-,19-18-,22-21-,25-24-,28-27-/t45-,46-,47-,48+,52+,53+,54?,56?,62+,63-,64+/m0/s1. The Morgan fingerprint density at radius 1 is 0.840 bits per heavy atom. The van der Waals surface area contributed by atoms with Crippen LogP contribution >= 0.6 is 0 Å². The van der Waals surface area contributed by atoms with E-state index in [0.29, 0.717) is 19.3 Å². The number of hydrogen-bond donors (Lipinski definition) is 3. The van der Waals surface area contributed by atoms with Crippen molar-refractivity contribution in [3.63, 3.8) is 0 Å². The van der Waals surface area contributed by atoms with Crippen LogP contribution in [0.3, 0.4) is 0 Å². The van der Waals surface area contributed by atoms with E-state index >= 15 is 9.59 Å². The van der Waals surface area contributed by atoms with Gasteiger partial charge in [-0.2, -0.15) is 0 Å². The van der Waals surface area contributed by atoms with Gasteiger partial charge in [-0.25, -0.2) is 14.4 Å². The highest BCUT2D eigenvalue weighted by Gasteiger charge is 2.78. The fraction of sp³-hybridized carbons (Fsp3) is 0.609. The Morgan fingerprint density at radius 3 is 1.96 bits per heavy atom. The van der Waals surface area contributed by atoms with Gasteiger partial charge < -0.3 is 48.7 Å². The van der Waals surface area contributed by atoms with Crippen LogP contribution in [0.5, 0.6) is 0 Å². The summed E-state index contributed by atoms with van der Waals surface area (Å²) in [5.74, 6) is -7.08. The predicted octanol–water partition coefficient (Wildman–Crippen LogP) is 10.4. The summed E-state index contributed by atoms with van der Waals surface area (Å²) in [5, 5.41) is 29.0. The lowest BCUT2D eigenvalue weighted by atomic mass is 9.44. The Bertz CT molecular complexity index is 2570. The molecule has 1 aromatic carbocycles. The molecule has 17 nitrogen and oxygen atoms in total. The van der Waals surface area contributed by atoms with Gasteiger partial charge in [-0.05, 0) is 115 Å². The number of allylic oxidation sites excluding steroid dienone is 10. The van der Waals surface area contributed by atoms with Crippen molar-refractivity contribution < 1.29 is 76.9 Å². The molecule has 11 atom stereocenters. The summed E-state index contributed by atoms with van der Waals surface area (Å²) >= 11 is 0. The third kappa shape index (κ3) is 15.9. The van der Waals surface area contributed by atoms with Gasteiger partial charge in [-0.1, -0.05) is 121 Å². The molecular weight excluding hydrogens is 1040 g/mol. The minimum atomic E-state index is -2.44. The fourth-order valence-electron chi connectivity index (χ4n) is 11.7. The first-order chi connectivity index (χ1) is 38.2. The summed E-state index contributed by atoms with van der Waals surface area (Å²) in [7, 11) is 0. The smallest absolute Gasteiger partial charge is 0.408 e. The number of carbonyl (C=O) groups is 7. The molecule has 4 aliphatic rings. The van der Waals surface area contributed by atoms with E-state index in [0.717, 1.165) is 32.6 Å². The van der Waals surface area contributed by atoms with Gasteiger partial charge >= 0.3 is 35.9 Å². The number of fused-ring (bicyclic) bond motifs is 5. The van der Waals surface area contributed by atoms with Crippen molar-refractivity contribution in [1.29, 1.82) is 0 Å². The van der Waals surface area contributed by atoms with E-state index in [2.05, 4.69) is 60.8 Å². The number of amides is 1. The van der Waals surface area contributed by atoms with Crippen LogP contribution < -0.4 is 5.32 Å². The SMILES string of the molecule is CC/C=C\C/C=C\C/C=C\C/C=C\C/C=C\CCCC(=O)O[C@@H](C(=O)O[C@H]1C[C@@]2(O)C(OC(=O)c3ccccc3)C3[C@](C)(C(=O)[C@H](OC(=O)CC)C(=C1C)C2(C)C)[C@@H](O)C[C@H]1OC[C@@]31OC(C)=O)[C@H](CC(C)C)NC(=O)OC(C)(C)C. The number of nitrogens with one attached hydrogen (secondary N) is 1. The third-order valence-electron chi connectivity index (χ3n) is 15.9. The lowest BCUT2D eigenvalue weighted by Crippen LogP contribution is -2.82. The maximum atomic E-state index is 15.9. The zero-order valence-electron chi connectivity index (χ0n) is 49.7. The second kappa shape index (κ2) is 28.7. The van der Waals surface area contributed by atoms with Crippen molar-refractivity contribution in [1.82, 2.24) is 5.32 Å². The molecule has 1 amide bonds. The zero-order valence-corrected chi connectivity index (χ0v) is 49.7. The lowest BCUT2D eigenvalue weighted by Gasteiger charge is -2.67. The van der Waals surface area contributed by atoms with E-state index in [9.17, 15) is 34.2 Å². The first-order valence-electron chi connectivity index (χ1n) is 28.7. The Balaban J connectivity index is 1.54. The Morgan fingerprint density at radius 2 is 1.43 bits per heavy atom. The highest BCUT2D eigenvalue weighted by atomic mass is 16.6. The Kier molecular flexibility index (Phi) is 23.2. The van der Waals surface area contributed by atoms with Crippen molar-refractivity contribution in [2.24, 2.45) is 22.7 Å². The number of rotatable bonds is 25. The molecule has 3 aliphatic carbocycles. The normalized spacial score (nSPS) is 28.0. The van der Waals surface area contributed by atoms with E-state index in [1.165, 1.54) is 26.0 Å². The largest absolute Gasteiger partial charge is 0.455 e. The fourth-order valence-corrected chi connectivity index (χ4v) is 11.7. The molecule has 1 saturated heterocycles. The molecule has 3 fully saturated rings. The van der Waals surface area contributed by atoms with Crippen LogP contribution in [0.15, 0.2) is 102 Å². The molecule has 2 saturated carbocycles. The number of unbranched alkanes of at least 4 members (excludes halogenated alkanes) is 1. The van der Waals surface area contributed by atoms with Gasteiger partial charge in [-0.15, -0.1) is 0 Å². The van der Waals surface area contributed by atoms with Gasteiger partial charge in [-0.3, -0.25) is 19.2 Å². The summed E-state index contributed by atoms with van der Waals surface area (Å²) in [4.78, 5) is 99.9. The van der Waals surface area contributed by atoms with Crippen LogP contribution in [0, 0.1) is 22.7 Å². The van der Waals surface area contributed by atoms with Gasteiger partial charge in [0, 0.05) is 38.0 Å². The van der Waals surface area contributed by atoms with Crippen LogP contribution in [0.1, 0.15) is 170 Å². The predicted molar refractivity (Wildman–Crippen MR) is 304 cm³/mol. The van der Waals surface area contributed by atoms with Crippen LogP contribution in [0.25, 0.3) is 0 Å². The van der Waals surface area contributed by atoms with Crippen LogP contribution in [-0.2, 0) is 57.1 Å². The third-order valence-corrected chi connectivity index (χ3v) is 15.9. The summed E-state index contributed by atoms with van der Waals surface area (Å²) in [6, 6.07) is 6.66. The van der Waals surface area contributed by atoms with Gasteiger partial charge in [0.1, 0.15) is 29.5 Å². The van der Waals surface area contributed by atoms with Gasteiger partial charge in [0.25, 0.3) is 0 Å². The van der Waals surface area contributed by atoms with Gasteiger partial charge in [0.15, 0.2) is 17.5 Å². The van der Waals surface area contributed by atoms with Crippen molar-refractivity contribution in [3.05, 3.63) is 108 Å². The molecule has 2 bridgehead atoms. The number of ketones is 1. The van der Waals surface area contributed by atoms with Crippen molar-refractivity contribution in [2.75, 3.05) is 6.61 Å². The number of ether oxygens (including phenoxy) is 7. The molecule has 0 spiro atoms. The Labute approximate surface area is 479 Å². The molecule has 1 aromatic rings. The summed E-state index contributed by atoms with van der Waals surface area (Å²) in [5.41, 5.74) is -8.76. The van der Waals surface area contributed by atoms with Crippen molar-refractivity contribution >= 4 is 41.7 Å². The minimum absolute atomic E-state index is 0.00352. The number of aliphatic hydroxyl groups is 2. The van der Waals surface area contributed by atoms with E-state index in [-0.39, 0.29) is 54.9 Å². The zero-order chi connectivity index (χ0) is 59.9. The summed E-state index contributed by atoms with van der Waals surface area (Å²) in [6.07, 6.45) is 14.6. The first kappa shape index (κ1) is 65.6. The number of benzene rings is 1. The average Bonchev–Trinajstić information content (AvgIpc) is 2.93. The molecular formula is C64H89NO16. The molecule has 0 radical (unpaired) electrons. The number of Topliss-reactive ketones (excluding diaryl/α,β-unsaturated/α-hetero) is 1. The van der Waals surface area contributed by atoms with E-state index < -0.39 is 124 Å². The van der Waals surface area contributed by atoms with E-state index in [1.807, 2.05) is 26.0 Å². The average molecular weight is 1130 g/mol. The highest BCUT2D eigenvalue weighted by Crippen LogP contribution is 2.64. The van der Waals surface area contributed by atoms with Crippen LogP contribution in [-0.4, -0.2) is 118 Å². The number of alkyl carbamates (subject to hydrolysis) is 1. The Hall–Kier alpha value is -6.17. The van der Waals surface area contributed by atoms with Crippen molar-refractivity contribution in [2.45, 2.75) is 220 Å². The summed E-state index contributed by atoms with van der Waals surface area (Å²) < 4.78 is 42.8. The maximum absolute atomic E-state index is 15.9. The monoisotopic (exact) mass is 1130 g/mol. The van der Waals surface area contributed by atoms with Crippen molar-refractivity contribution in [3.8, 4) is 0 Å². The molecule has 81 heavy (non-hydrogen) atoms. The first-order valence-corrected chi connectivity index (χ1v) is 28.7. The molecule has 17 heteroatoms. The molecule has 1 heterocycles. The molecule has 446 valence electrons. The molecule has 2 unspecified atom stereocenters. The second-order valence-electron chi connectivity index (χ2n) is 23.8. The highest BCUT2D eigenvalue weighted by molar-refractivity contribution is 5.96. The molecule has 3 N–H and O–H groups in total. The van der Waals surface area contributed by atoms with E-state index in [4.69, 9.17) is 33.2 Å². The van der Waals surface area contributed by atoms with Crippen LogP contribution in [0.4, 0.5) is 4.79 Å². The summed E-state index contributed by atoms with van der Waals surface area (Å²) in [6.45, 7) is 19.3. The number of hydrogen-bond acceptors (Lipinski definition) is 16. The number of esters is 5. The second-order valence-corrected chi connectivity index (χ2v) is 23.8. The quantitative estimate of drug-likeness (QED) is 0.0357. The van der Waals surface area contributed by atoms with Crippen LogP contribution in [0.2, 0.25) is 0 Å². The molecule has 0 aromatic heterocycles. The minimum Gasteiger partial charge on any atom is -0.455 e. The topological polar surface area (TPSA) is 237 Å². The number of carbonyl (C=O) groups excluding carboxylic acids is 7. The van der Waals surface area contributed by atoms with E-state index in [1.54, 1.807) is 59.7 Å². The van der Waals surface area contributed by atoms with Gasteiger partial charge in [0.2, 0.25) is 6.10 Å². The molecule has 1 aliphatic heterocycles. The number of aliphatic hydroxyl groups excluding tert-OH is 1. The molecule has 5 rings (SSSR count).